The van der Waals surface area contributed by atoms with E-state index in [1.165, 1.54) is 0 Å². The lowest BCUT2D eigenvalue weighted by atomic mass is 10.1. The third-order valence-corrected chi connectivity index (χ3v) is 5.09. The predicted octanol–water partition coefficient (Wildman–Crippen LogP) is 4.49. The summed E-state index contributed by atoms with van der Waals surface area (Å²) >= 11 is 0. The Hall–Kier alpha value is -3.44. The van der Waals surface area contributed by atoms with E-state index in [4.69, 9.17) is 4.74 Å². The molecule has 0 aliphatic carbocycles. The van der Waals surface area contributed by atoms with Gasteiger partial charge in [-0.1, -0.05) is 72.8 Å². The minimum atomic E-state index is -0.428. The molecule has 160 valence electrons. The average molecular weight is 417 g/mol. The molecule has 0 aliphatic rings. The lowest BCUT2D eigenvalue weighted by Crippen LogP contribution is -2.32. The van der Waals surface area contributed by atoms with Crippen LogP contribution in [0.2, 0.25) is 0 Å². The van der Waals surface area contributed by atoms with Crippen LogP contribution in [0.25, 0.3) is 0 Å². The Kier molecular flexibility index (Phi) is 7.96. The van der Waals surface area contributed by atoms with Gasteiger partial charge in [0.25, 0.3) is 5.91 Å². The number of carbonyl (C=O) groups excluding carboxylic acids is 2. The van der Waals surface area contributed by atoms with Gasteiger partial charge in [0.15, 0.2) is 6.61 Å². The molecule has 0 saturated carbocycles. The summed E-state index contributed by atoms with van der Waals surface area (Å²) in [5.74, 6) is -0.775. The van der Waals surface area contributed by atoms with Gasteiger partial charge in [0.2, 0.25) is 0 Å². The highest BCUT2D eigenvalue weighted by Gasteiger charge is 2.15. The number of amides is 1. The second-order valence-corrected chi connectivity index (χ2v) is 7.57. The highest BCUT2D eigenvalue weighted by molar-refractivity contribution is 5.93. The second kappa shape index (κ2) is 11.1. The Balaban J connectivity index is 1.56. The van der Waals surface area contributed by atoms with Crippen molar-refractivity contribution in [2.75, 3.05) is 18.5 Å². The molecule has 0 atom stereocenters. The van der Waals surface area contributed by atoms with E-state index in [1.807, 2.05) is 97.6 Å². The molecule has 3 aromatic carbocycles. The lowest BCUT2D eigenvalue weighted by molar-refractivity contribution is -0.148. The van der Waals surface area contributed by atoms with E-state index in [0.29, 0.717) is 13.1 Å². The molecule has 0 radical (unpaired) electrons. The Bertz CT molecular complexity index is 962. The van der Waals surface area contributed by atoms with Crippen molar-refractivity contribution < 1.29 is 14.3 Å². The van der Waals surface area contributed by atoms with Crippen LogP contribution in [0.15, 0.2) is 78.9 Å². The van der Waals surface area contributed by atoms with E-state index in [2.05, 4.69) is 5.32 Å². The van der Waals surface area contributed by atoms with Gasteiger partial charge in [-0.3, -0.25) is 14.5 Å². The highest BCUT2D eigenvalue weighted by Crippen LogP contribution is 2.17. The first kappa shape index (κ1) is 22.2. The Morgan fingerprint density at radius 3 is 1.97 bits per heavy atom. The van der Waals surface area contributed by atoms with Gasteiger partial charge in [0, 0.05) is 18.8 Å². The van der Waals surface area contributed by atoms with Gasteiger partial charge in [-0.15, -0.1) is 0 Å². The van der Waals surface area contributed by atoms with Crippen molar-refractivity contribution in [2.45, 2.75) is 26.9 Å². The van der Waals surface area contributed by atoms with E-state index in [0.717, 1.165) is 27.9 Å². The maximum Gasteiger partial charge on any atom is 0.320 e. The van der Waals surface area contributed by atoms with Gasteiger partial charge in [0.1, 0.15) is 0 Å². The van der Waals surface area contributed by atoms with Crippen LogP contribution in [0.1, 0.15) is 22.3 Å². The van der Waals surface area contributed by atoms with E-state index in [-0.39, 0.29) is 19.1 Å². The average Bonchev–Trinajstić information content (AvgIpc) is 2.77. The number of aryl methyl sites for hydroxylation is 1. The van der Waals surface area contributed by atoms with Gasteiger partial charge in [-0.25, -0.2) is 0 Å². The van der Waals surface area contributed by atoms with Crippen molar-refractivity contribution in [1.82, 2.24) is 4.90 Å². The summed E-state index contributed by atoms with van der Waals surface area (Å²) in [4.78, 5) is 26.7. The zero-order valence-electron chi connectivity index (χ0n) is 18.0. The molecule has 3 aromatic rings. The number of hydrogen-bond donors (Lipinski definition) is 1. The van der Waals surface area contributed by atoms with Crippen LogP contribution in [0.5, 0.6) is 0 Å². The molecular formula is C26H28N2O3. The molecule has 3 rings (SSSR count). The first-order valence-electron chi connectivity index (χ1n) is 10.3. The molecule has 0 bridgehead atoms. The monoisotopic (exact) mass is 416 g/mol. The summed E-state index contributed by atoms with van der Waals surface area (Å²) in [7, 11) is 0. The minimum absolute atomic E-state index is 0.0978. The van der Waals surface area contributed by atoms with Crippen LogP contribution in [0.4, 0.5) is 5.69 Å². The predicted molar refractivity (Wildman–Crippen MR) is 123 cm³/mol. The number of esters is 1. The molecule has 1 amide bonds. The maximum atomic E-state index is 12.5. The zero-order chi connectivity index (χ0) is 22.1. The third kappa shape index (κ3) is 7.08. The maximum absolute atomic E-state index is 12.5. The summed E-state index contributed by atoms with van der Waals surface area (Å²) in [5.41, 5.74) is 5.04. The third-order valence-electron chi connectivity index (χ3n) is 5.09. The summed E-state index contributed by atoms with van der Waals surface area (Å²) in [6, 6.07) is 25.7. The molecule has 0 saturated heterocycles. The molecule has 0 unspecified atom stereocenters. The number of nitrogens with zero attached hydrogens (tertiary/aromatic N) is 1. The molecule has 0 spiro atoms. The number of anilines is 1. The van der Waals surface area contributed by atoms with Gasteiger partial charge in [-0.2, -0.15) is 0 Å². The summed E-state index contributed by atoms with van der Waals surface area (Å²) in [5, 5.41) is 2.81. The number of ether oxygens (including phenoxy) is 1. The van der Waals surface area contributed by atoms with E-state index in [9.17, 15) is 9.59 Å². The highest BCUT2D eigenvalue weighted by atomic mass is 16.5. The molecule has 0 aromatic heterocycles. The van der Waals surface area contributed by atoms with Crippen molar-refractivity contribution in [3.63, 3.8) is 0 Å². The summed E-state index contributed by atoms with van der Waals surface area (Å²) in [6.45, 7) is 4.94. The van der Waals surface area contributed by atoms with Crippen LogP contribution >= 0.6 is 0 Å². The summed E-state index contributed by atoms with van der Waals surface area (Å²) < 4.78 is 5.26. The van der Waals surface area contributed by atoms with Crippen LogP contribution < -0.4 is 5.32 Å². The standard InChI is InChI=1S/C26H28N2O3/c1-20-10-9-15-24(21(20)2)27-25(29)19-31-26(30)18-28(16-22-11-5-3-6-12-22)17-23-13-7-4-8-14-23/h3-15H,16-19H2,1-2H3,(H,27,29). The quantitative estimate of drug-likeness (QED) is 0.522. The number of hydrogen-bond acceptors (Lipinski definition) is 4. The Morgan fingerprint density at radius 1 is 0.806 bits per heavy atom. The largest absolute Gasteiger partial charge is 0.455 e. The number of benzene rings is 3. The Morgan fingerprint density at radius 2 is 1.39 bits per heavy atom. The molecule has 0 aliphatic heterocycles. The van der Waals surface area contributed by atoms with E-state index < -0.39 is 5.97 Å². The SMILES string of the molecule is Cc1cccc(NC(=O)COC(=O)CN(Cc2ccccc2)Cc2ccccc2)c1C. The first-order chi connectivity index (χ1) is 15.0. The van der Waals surface area contributed by atoms with Gasteiger partial charge in [-0.05, 0) is 42.2 Å². The fourth-order valence-corrected chi connectivity index (χ4v) is 3.30. The number of nitrogens with one attached hydrogen (secondary N) is 1. The Labute approximate surface area is 183 Å². The topological polar surface area (TPSA) is 58.6 Å². The van der Waals surface area contributed by atoms with Crippen LogP contribution in [0.3, 0.4) is 0 Å². The van der Waals surface area contributed by atoms with Crippen molar-refractivity contribution in [2.24, 2.45) is 0 Å². The first-order valence-corrected chi connectivity index (χ1v) is 10.3. The molecule has 5 heteroatoms. The fraction of sp³-hybridized carbons (Fsp3) is 0.231. The molecule has 0 fully saturated rings. The van der Waals surface area contributed by atoms with E-state index >= 15 is 0 Å². The molecule has 31 heavy (non-hydrogen) atoms. The van der Waals surface area contributed by atoms with Crippen molar-refractivity contribution in [3.05, 3.63) is 101 Å². The van der Waals surface area contributed by atoms with Gasteiger partial charge in [0.05, 0.1) is 6.54 Å². The summed E-state index contributed by atoms with van der Waals surface area (Å²) in [6.07, 6.45) is 0. The van der Waals surface area contributed by atoms with E-state index in [1.54, 1.807) is 0 Å². The van der Waals surface area contributed by atoms with Crippen LogP contribution in [-0.2, 0) is 27.4 Å². The van der Waals surface area contributed by atoms with Crippen molar-refractivity contribution in [1.29, 1.82) is 0 Å². The lowest BCUT2D eigenvalue weighted by Gasteiger charge is -2.21. The van der Waals surface area contributed by atoms with Gasteiger partial charge >= 0.3 is 5.97 Å². The van der Waals surface area contributed by atoms with Gasteiger partial charge < -0.3 is 10.1 Å². The van der Waals surface area contributed by atoms with Crippen molar-refractivity contribution in [3.8, 4) is 0 Å². The molecule has 5 nitrogen and oxygen atoms in total. The van der Waals surface area contributed by atoms with Crippen molar-refractivity contribution >= 4 is 17.6 Å². The molecule has 1 N–H and O–H groups in total. The number of carbonyl (C=O) groups is 2. The molecule has 0 heterocycles. The zero-order valence-corrected chi connectivity index (χ0v) is 18.0. The fourth-order valence-electron chi connectivity index (χ4n) is 3.30. The molecular weight excluding hydrogens is 388 g/mol. The van der Waals surface area contributed by atoms with Crippen LogP contribution in [-0.4, -0.2) is 29.9 Å². The smallest absolute Gasteiger partial charge is 0.320 e. The van der Waals surface area contributed by atoms with Crippen LogP contribution in [0, 0.1) is 13.8 Å². The number of rotatable bonds is 9. The minimum Gasteiger partial charge on any atom is -0.455 e. The normalized spacial score (nSPS) is 10.7. The second-order valence-electron chi connectivity index (χ2n) is 7.57.